The van der Waals surface area contributed by atoms with Gasteiger partial charge in [0.1, 0.15) is 0 Å². The summed E-state index contributed by atoms with van der Waals surface area (Å²) in [4.78, 5) is 43.5. The van der Waals surface area contributed by atoms with Gasteiger partial charge in [-0.25, -0.2) is 9.59 Å². The third-order valence-electron chi connectivity index (χ3n) is 2.44. The number of carbonyl (C=O) groups excluding carboxylic acids is 3. The van der Waals surface area contributed by atoms with Crippen LogP contribution in [0.15, 0.2) is 30.3 Å². The smallest absolute Gasteiger partial charge is 0.331 e. The van der Waals surface area contributed by atoms with E-state index in [0.717, 1.165) is 6.08 Å². The second-order valence-electron chi connectivity index (χ2n) is 4.08. The molecule has 0 fully saturated rings. The van der Waals surface area contributed by atoms with Crippen molar-refractivity contribution in [3.8, 4) is 0 Å². The molecule has 0 aliphatic carbocycles. The van der Waals surface area contributed by atoms with Gasteiger partial charge in [-0.05, 0) is 19.1 Å². The summed E-state index contributed by atoms with van der Waals surface area (Å²) in [5, 5.41) is 12.6. The first-order valence-electron chi connectivity index (χ1n) is 6.03. The molecular weight excluding hydrogens is 294 g/mol. The quantitative estimate of drug-likeness (QED) is 0.355. The second kappa shape index (κ2) is 7.53. The normalized spacial score (nSPS) is 11.7. The van der Waals surface area contributed by atoms with Crippen LogP contribution in [-0.2, 0) is 14.3 Å². The van der Waals surface area contributed by atoms with E-state index in [1.54, 1.807) is 11.4 Å². The average molecular weight is 307 g/mol. The maximum absolute atomic E-state index is 11.5. The fraction of sp³-hybridized carbons (Fsp3) is 0.154. The lowest BCUT2D eigenvalue weighted by molar-refractivity contribution is -0.385. The predicted octanol–water partition coefficient (Wildman–Crippen LogP) is 0.735. The van der Waals surface area contributed by atoms with Gasteiger partial charge in [0.25, 0.3) is 11.6 Å². The first-order chi connectivity index (χ1) is 10.3. The highest BCUT2D eigenvalue weighted by Crippen LogP contribution is 2.18. The van der Waals surface area contributed by atoms with Gasteiger partial charge in [0.2, 0.25) is 0 Å². The molecule has 0 saturated heterocycles. The molecule has 0 bridgehead atoms. The van der Waals surface area contributed by atoms with Crippen LogP contribution in [0.1, 0.15) is 12.5 Å². The van der Waals surface area contributed by atoms with E-state index in [-0.39, 0.29) is 11.3 Å². The van der Waals surface area contributed by atoms with Crippen LogP contribution in [0.3, 0.4) is 0 Å². The summed E-state index contributed by atoms with van der Waals surface area (Å²) in [6.45, 7) is 1.25. The minimum atomic E-state index is -1.24. The number of esters is 1. The van der Waals surface area contributed by atoms with Crippen LogP contribution in [0.4, 0.5) is 10.5 Å². The van der Waals surface area contributed by atoms with Gasteiger partial charge in [-0.1, -0.05) is 12.1 Å². The van der Waals surface area contributed by atoms with Crippen molar-refractivity contribution in [3.63, 3.8) is 0 Å². The Kier molecular flexibility index (Phi) is 5.75. The van der Waals surface area contributed by atoms with Crippen LogP contribution < -0.4 is 11.1 Å². The molecule has 1 aromatic carbocycles. The maximum Gasteiger partial charge on any atom is 0.331 e. The van der Waals surface area contributed by atoms with E-state index in [2.05, 4.69) is 0 Å². The van der Waals surface area contributed by atoms with E-state index < -0.39 is 28.9 Å². The lowest BCUT2D eigenvalue weighted by Gasteiger charge is -2.10. The summed E-state index contributed by atoms with van der Waals surface area (Å²) in [6.07, 6.45) is 0.894. The summed E-state index contributed by atoms with van der Waals surface area (Å²) in [6, 6.07) is 4.73. The molecule has 0 aromatic heterocycles. The molecule has 22 heavy (non-hydrogen) atoms. The number of urea groups is 1. The maximum atomic E-state index is 11.5. The number of nitro groups is 1. The van der Waals surface area contributed by atoms with Gasteiger partial charge >= 0.3 is 12.0 Å². The fourth-order valence-corrected chi connectivity index (χ4v) is 1.44. The van der Waals surface area contributed by atoms with Crippen LogP contribution in [0.25, 0.3) is 6.08 Å². The number of imide groups is 1. The molecule has 9 nitrogen and oxygen atoms in total. The van der Waals surface area contributed by atoms with Gasteiger partial charge in [0.05, 0.1) is 10.5 Å². The summed E-state index contributed by atoms with van der Waals surface area (Å²) < 4.78 is 4.72. The SMILES string of the molecule is C[C@@H](OC(=O)/C=C/c1ccccc1[N+](=O)[O-])C(=O)NC(N)=O. The number of amides is 3. The number of rotatable bonds is 5. The van der Waals surface area contributed by atoms with Gasteiger partial charge in [-0.3, -0.25) is 20.2 Å². The largest absolute Gasteiger partial charge is 0.449 e. The Hall–Kier alpha value is -3.23. The molecule has 1 aromatic rings. The Morgan fingerprint density at radius 1 is 1.36 bits per heavy atom. The van der Waals surface area contributed by atoms with E-state index in [1.165, 1.54) is 31.2 Å². The molecule has 0 heterocycles. The lowest BCUT2D eigenvalue weighted by atomic mass is 10.1. The zero-order valence-corrected chi connectivity index (χ0v) is 11.5. The highest BCUT2D eigenvalue weighted by Gasteiger charge is 2.18. The molecule has 0 spiro atoms. The van der Waals surface area contributed by atoms with E-state index in [1.807, 2.05) is 0 Å². The molecule has 1 rings (SSSR count). The number of nitrogens with two attached hydrogens (primary N) is 1. The van der Waals surface area contributed by atoms with E-state index in [0.29, 0.717) is 0 Å². The summed E-state index contributed by atoms with van der Waals surface area (Å²) in [7, 11) is 0. The third kappa shape index (κ3) is 5.04. The molecule has 0 unspecified atom stereocenters. The number of primary amides is 1. The van der Waals surface area contributed by atoms with Gasteiger partial charge in [0.15, 0.2) is 6.10 Å². The Morgan fingerprint density at radius 2 is 2.00 bits per heavy atom. The number of para-hydroxylation sites is 1. The van der Waals surface area contributed by atoms with Crippen LogP contribution >= 0.6 is 0 Å². The number of nitro benzene ring substituents is 1. The van der Waals surface area contributed by atoms with E-state index >= 15 is 0 Å². The van der Waals surface area contributed by atoms with Crippen LogP contribution in [0.2, 0.25) is 0 Å². The van der Waals surface area contributed by atoms with E-state index in [9.17, 15) is 24.5 Å². The van der Waals surface area contributed by atoms with Crippen molar-refractivity contribution in [3.05, 3.63) is 46.0 Å². The molecule has 116 valence electrons. The Morgan fingerprint density at radius 3 is 2.59 bits per heavy atom. The van der Waals surface area contributed by atoms with E-state index in [4.69, 9.17) is 10.5 Å². The molecule has 0 aliphatic rings. The Labute approximate surface area is 124 Å². The van der Waals surface area contributed by atoms with Crippen LogP contribution in [0.5, 0.6) is 0 Å². The molecule has 0 saturated carbocycles. The van der Waals surface area contributed by atoms with Crippen molar-refractivity contribution in [2.75, 3.05) is 0 Å². The van der Waals surface area contributed by atoms with Crippen molar-refractivity contribution >= 4 is 29.7 Å². The van der Waals surface area contributed by atoms with Crippen LogP contribution in [-0.4, -0.2) is 28.9 Å². The fourth-order valence-electron chi connectivity index (χ4n) is 1.44. The predicted molar refractivity (Wildman–Crippen MR) is 75.4 cm³/mol. The van der Waals surface area contributed by atoms with Crippen molar-refractivity contribution in [2.45, 2.75) is 13.0 Å². The number of nitrogens with zero attached hydrogens (tertiary/aromatic N) is 1. The highest BCUT2D eigenvalue weighted by molar-refractivity contribution is 5.97. The first kappa shape index (κ1) is 16.8. The zero-order valence-electron chi connectivity index (χ0n) is 11.5. The first-order valence-corrected chi connectivity index (χ1v) is 6.03. The molecule has 0 radical (unpaired) electrons. The standard InChI is InChI=1S/C13H13N3O6/c1-8(12(18)15-13(14)19)22-11(17)7-6-9-4-2-3-5-10(9)16(20)21/h2-8H,1H3,(H3,14,15,18,19)/b7-6+/t8-/m1/s1. The topological polar surface area (TPSA) is 142 Å². The highest BCUT2D eigenvalue weighted by atomic mass is 16.6. The Bertz CT molecular complexity index is 640. The average Bonchev–Trinajstić information content (AvgIpc) is 2.44. The molecule has 3 amide bonds. The summed E-state index contributed by atoms with van der Waals surface area (Å²) >= 11 is 0. The molecule has 1 atom stereocenters. The van der Waals surface area contributed by atoms with Crippen molar-refractivity contribution in [2.24, 2.45) is 5.73 Å². The third-order valence-corrected chi connectivity index (χ3v) is 2.44. The summed E-state index contributed by atoms with van der Waals surface area (Å²) in [5.41, 5.74) is 4.78. The zero-order chi connectivity index (χ0) is 16.7. The molecule has 3 N–H and O–H groups in total. The van der Waals surface area contributed by atoms with Gasteiger partial charge in [-0.15, -0.1) is 0 Å². The molecule has 0 aliphatic heterocycles. The monoisotopic (exact) mass is 307 g/mol. The Balaban J connectivity index is 2.71. The van der Waals surface area contributed by atoms with Crippen LogP contribution in [0, 0.1) is 10.1 Å². The second-order valence-corrected chi connectivity index (χ2v) is 4.08. The van der Waals surface area contributed by atoms with Crippen molar-refractivity contribution < 1.29 is 24.0 Å². The summed E-state index contributed by atoms with van der Waals surface area (Å²) in [5.74, 6) is -1.77. The van der Waals surface area contributed by atoms with Gasteiger partial charge < -0.3 is 10.5 Å². The number of ether oxygens (including phenoxy) is 1. The number of carbonyl (C=O) groups is 3. The van der Waals surface area contributed by atoms with Gasteiger partial charge in [-0.2, -0.15) is 0 Å². The lowest BCUT2D eigenvalue weighted by Crippen LogP contribution is -2.42. The number of hydrogen-bond acceptors (Lipinski definition) is 6. The number of nitrogens with one attached hydrogen (secondary N) is 1. The minimum absolute atomic E-state index is 0.175. The number of hydrogen-bond donors (Lipinski definition) is 2. The van der Waals surface area contributed by atoms with Crippen molar-refractivity contribution in [1.29, 1.82) is 0 Å². The van der Waals surface area contributed by atoms with Gasteiger partial charge in [0, 0.05) is 12.1 Å². The number of benzene rings is 1. The minimum Gasteiger partial charge on any atom is -0.449 e. The van der Waals surface area contributed by atoms with Crippen molar-refractivity contribution in [1.82, 2.24) is 5.32 Å². The molecular formula is C13H13N3O6. The molecule has 9 heteroatoms.